The number of aromatic nitrogens is 4. The van der Waals surface area contributed by atoms with Crippen molar-refractivity contribution in [3.63, 3.8) is 0 Å². The summed E-state index contributed by atoms with van der Waals surface area (Å²) < 4.78 is 4.56. The molecule has 2 N–H and O–H groups in total. The van der Waals surface area contributed by atoms with Crippen LogP contribution in [-0.4, -0.2) is 31.2 Å². The second kappa shape index (κ2) is 7.42. The first-order valence-corrected chi connectivity index (χ1v) is 9.62. The summed E-state index contributed by atoms with van der Waals surface area (Å²) in [6.45, 7) is 6.52. The largest absolute Gasteiger partial charge is 0.511 e. The predicted octanol–water partition coefficient (Wildman–Crippen LogP) is 5.69. The minimum absolute atomic E-state index is 0.0523. The zero-order valence-electron chi connectivity index (χ0n) is 16.6. The lowest BCUT2D eigenvalue weighted by atomic mass is 9.87. The molecule has 0 amide bonds. The molecule has 0 saturated carbocycles. The van der Waals surface area contributed by atoms with E-state index in [-0.39, 0.29) is 16.2 Å². The normalized spacial score (nSPS) is 11.6. The number of H-pyrrole nitrogens is 1. The van der Waals surface area contributed by atoms with Gasteiger partial charge in [0.15, 0.2) is 11.6 Å². The highest BCUT2D eigenvalue weighted by atomic mass is 35.5. The zero-order valence-corrected chi connectivity index (χ0v) is 17.4. The molecule has 8 heteroatoms. The Labute approximate surface area is 177 Å². The summed E-state index contributed by atoms with van der Waals surface area (Å²) in [5.74, 6) is 0.726. The number of halogens is 1. The number of aromatic amines is 1. The molecular weight excluding hydrogens is 404 g/mol. The van der Waals surface area contributed by atoms with E-state index in [0.29, 0.717) is 22.8 Å². The maximum Gasteiger partial charge on any atom is 0.511 e. The average molecular weight is 423 g/mol. The van der Waals surface area contributed by atoms with Crippen LogP contribution in [0.4, 0.5) is 4.79 Å². The highest BCUT2D eigenvalue weighted by Gasteiger charge is 2.16. The van der Waals surface area contributed by atoms with E-state index in [1.807, 2.05) is 18.2 Å². The summed E-state index contributed by atoms with van der Waals surface area (Å²) in [4.78, 5) is 27.3. The summed E-state index contributed by atoms with van der Waals surface area (Å²) in [5.41, 5.74) is 4.98. The van der Waals surface area contributed by atoms with Gasteiger partial charge in [-0.15, -0.1) is 0 Å². The van der Waals surface area contributed by atoms with Gasteiger partial charge in [0.05, 0.1) is 27.9 Å². The van der Waals surface area contributed by atoms with E-state index in [0.717, 1.165) is 11.0 Å². The number of hydrogen-bond acceptors (Lipinski definition) is 5. The summed E-state index contributed by atoms with van der Waals surface area (Å²) in [7, 11) is 0. The first kappa shape index (κ1) is 19.8. The predicted molar refractivity (Wildman–Crippen MR) is 115 cm³/mol. The van der Waals surface area contributed by atoms with Crippen LogP contribution < -0.4 is 4.74 Å². The highest BCUT2D eigenvalue weighted by molar-refractivity contribution is 6.33. The molecule has 0 aliphatic rings. The molecule has 0 radical (unpaired) electrons. The smallest absolute Gasteiger partial charge is 0.449 e. The molecule has 0 aliphatic carbocycles. The summed E-state index contributed by atoms with van der Waals surface area (Å²) in [6, 6.07) is 11.3. The standard InChI is InChI=1S/C22H19ClN4O3/c1-22(2,3)13-5-7-16-18(8-13)27-20(26-16)17-6-4-12(10-24-17)19-15(23)9-14(11-25-19)30-21(28)29/h4-11H,1-3H3,(H,26,27)(H,28,29). The number of pyridine rings is 2. The van der Waals surface area contributed by atoms with Crippen LogP contribution in [0.5, 0.6) is 5.75 Å². The molecule has 0 bridgehead atoms. The number of rotatable bonds is 3. The quantitative estimate of drug-likeness (QED) is 0.411. The van der Waals surface area contributed by atoms with Crippen LogP contribution in [0.25, 0.3) is 33.8 Å². The first-order chi connectivity index (χ1) is 14.2. The van der Waals surface area contributed by atoms with Gasteiger partial charge in [-0.25, -0.2) is 9.78 Å². The van der Waals surface area contributed by atoms with Crippen LogP contribution in [-0.2, 0) is 5.41 Å². The van der Waals surface area contributed by atoms with Crippen LogP contribution in [0.1, 0.15) is 26.3 Å². The fourth-order valence-electron chi connectivity index (χ4n) is 3.06. The molecule has 0 saturated heterocycles. The Bertz CT molecular complexity index is 1240. The van der Waals surface area contributed by atoms with E-state index in [2.05, 4.69) is 57.6 Å². The lowest BCUT2D eigenvalue weighted by molar-refractivity contribution is 0.144. The van der Waals surface area contributed by atoms with Gasteiger partial charge in [0.1, 0.15) is 5.69 Å². The van der Waals surface area contributed by atoms with Crippen molar-refractivity contribution in [1.29, 1.82) is 0 Å². The molecule has 1 aromatic carbocycles. The fourth-order valence-corrected chi connectivity index (χ4v) is 3.33. The number of nitrogens with one attached hydrogen (secondary N) is 1. The molecule has 3 heterocycles. The minimum atomic E-state index is -1.42. The maximum atomic E-state index is 10.6. The third-order valence-corrected chi connectivity index (χ3v) is 4.94. The summed E-state index contributed by atoms with van der Waals surface area (Å²) >= 11 is 6.23. The Morgan fingerprint density at radius 1 is 1.10 bits per heavy atom. The molecule has 0 unspecified atom stereocenters. The third-order valence-electron chi connectivity index (χ3n) is 4.65. The average Bonchev–Trinajstić information content (AvgIpc) is 3.10. The second-order valence-corrected chi connectivity index (χ2v) is 8.28. The first-order valence-electron chi connectivity index (χ1n) is 9.24. The van der Waals surface area contributed by atoms with Crippen LogP contribution in [0.3, 0.4) is 0 Å². The number of carbonyl (C=O) groups is 1. The molecule has 7 nitrogen and oxygen atoms in total. The number of hydrogen-bond donors (Lipinski definition) is 2. The second-order valence-electron chi connectivity index (χ2n) is 7.87. The van der Waals surface area contributed by atoms with E-state index in [1.165, 1.54) is 17.8 Å². The molecular formula is C22H19ClN4O3. The maximum absolute atomic E-state index is 10.6. The molecule has 0 atom stereocenters. The zero-order chi connectivity index (χ0) is 21.5. The van der Waals surface area contributed by atoms with Gasteiger partial charge < -0.3 is 14.8 Å². The highest BCUT2D eigenvalue weighted by Crippen LogP contribution is 2.30. The Kier molecular flexibility index (Phi) is 4.91. The van der Waals surface area contributed by atoms with Crippen molar-refractivity contribution in [2.45, 2.75) is 26.2 Å². The van der Waals surface area contributed by atoms with E-state index in [9.17, 15) is 4.79 Å². The van der Waals surface area contributed by atoms with Crippen LogP contribution in [0.15, 0.2) is 48.8 Å². The minimum Gasteiger partial charge on any atom is -0.449 e. The Morgan fingerprint density at radius 2 is 1.90 bits per heavy atom. The van der Waals surface area contributed by atoms with Gasteiger partial charge in [0.2, 0.25) is 0 Å². The summed E-state index contributed by atoms with van der Waals surface area (Å²) in [5, 5.41) is 8.94. The molecule has 0 fully saturated rings. The number of carboxylic acid groups (broad SMARTS) is 1. The molecule has 4 rings (SSSR count). The van der Waals surface area contributed by atoms with Gasteiger partial charge in [-0.3, -0.25) is 9.97 Å². The van der Waals surface area contributed by atoms with Crippen LogP contribution >= 0.6 is 11.6 Å². The molecule has 0 spiro atoms. The van der Waals surface area contributed by atoms with Crippen LogP contribution in [0.2, 0.25) is 5.02 Å². The van der Waals surface area contributed by atoms with Crippen molar-refractivity contribution in [3.8, 4) is 28.5 Å². The third kappa shape index (κ3) is 3.97. The Morgan fingerprint density at radius 3 is 2.53 bits per heavy atom. The van der Waals surface area contributed by atoms with Crippen molar-refractivity contribution >= 4 is 28.8 Å². The Hall–Kier alpha value is -3.45. The number of ether oxygens (including phenoxy) is 1. The molecule has 4 aromatic rings. The van der Waals surface area contributed by atoms with Gasteiger partial charge in [-0.05, 0) is 35.2 Å². The van der Waals surface area contributed by atoms with Gasteiger partial charge in [0, 0.05) is 17.8 Å². The van der Waals surface area contributed by atoms with Gasteiger partial charge in [-0.1, -0.05) is 38.4 Å². The molecule has 30 heavy (non-hydrogen) atoms. The lowest BCUT2D eigenvalue weighted by Gasteiger charge is -2.18. The fraction of sp³-hybridized carbons (Fsp3) is 0.182. The van der Waals surface area contributed by atoms with E-state index in [1.54, 1.807) is 6.20 Å². The topological polar surface area (TPSA) is 101 Å². The van der Waals surface area contributed by atoms with Gasteiger partial charge in [0.25, 0.3) is 0 Å². The Balaban J connectivity index is 1.63. The SMILES string of the molecule is CC(C)(C)c1ccc2nc(-c3ccc(-c4ncc(OC(=O)O)cc4Cl)cn3)[nH]c2c1. The molecule has 0 aliphatic heterocycles. The van der Waals surface area contributed by atoms with E-state index in [4.69, 9.17) is 16.7 Å². The summed E-state index contributed by atoms with van der Waals surface area (Å²) in [6.07, 6.45) is 1.52. The van der Waals surface area contributed by atoms with Crippen molar-refractivity contribution < 1.29 is 14.6 Å². The monoisotopic (exact) mass is 422 g/mol. The lowest BCUT2D eigenvalue weighted by Crippen LogP contribution is -2.10. The van der Waals surface area contributed by atoms with Crippen LogP contribution in [0, 0.1) is 0 Å². The van der Waals surface area contributed by atoms with E-state index >= 15 is 0 Å². The number of imidazole rings is 1. The molecule has 152 valence electrons. The van der Waals surface area contributed by atoms with Crippen molar-refractivity contribution in [1.82, 2.24) is 19.9 Å². The van der Waals surface area contributed by atoms with Crippen molar-refractivity contribution in [2.24, 2.45) is 0 Å². The molecule has 3 aromatic heterocycles. The number of benzene rings is 1. The van der Waals surface area contributed by atoms with Gasteiger partial charge in [-0.2, -0.15) is 0 Å². The van der Waals surface area contributed by atoms with Crippen molar-refractivity contribution in [2.75, 3.05) is 0 Å². The number of fused-ring (bicyclic) bond motifs is 1. The van der Waals surface area contributed by atoms with E-state index < -0.39 is 6.16 Å². The van der Waals surface area contributed by atoms with Crippen molar-refractivity contribution in [3.05, 3.63) is 59.4 Å². The number of nitrogens with zero attached hydrogens (tertiary/aromatic N) is 3. The van der Waals surface area contributed by atoms with Gasteiger partial charge >= 0.3 is 6.16 Å².